The quantitative estimate of drug-likeness (QED) is 0.589. The number of thioether (sulfide) groups is 1. The van der Waals surface area contributed by atoms with Crippen molar-refractivity contribution in [3.05, 3.63) is 24.3 Å². The van der Waals surface area contributed by atoms with E-state index in [4.69, 9.17) is 10.5 Å². The Balaban J connectivity index is 1.72. The first-order valence-corrected chi connectivity index (χ1v) is 9.77. The molecule has 1 unspecified atom stereocenters. The van der Waals surface area contributed by atoms with E-state index in [0.29, 0.717) is 18.0 Å². The van der Waals surface area contributed by atoms with Gasteiger partial charge in [0.2, 0.25) is 10.0 Å². The number of hydrogen-bond donors (Lipinski definition) is 2. The molecule has 7 heteroatoms. The summed E-state index contributed by atoms with van der Waals surface area (Å²) in [5.41, 5.74) is 6.51. The number of hydrogen-bond acceptors (Lipinski definition) is 5. The van der Waals surface area contributed by atoms with Crippen LogP contribution in [0, 0.1) is 0 Å². The van der Waals surface area contributed by atoms with Crippen molar-refractivity contribution in [1.29, 1.82) is 0 Å². The lowest BCUT2D eigenvalue weighted by molar-refractivity contribution is 0.0200. The summed E-state index contributed by atoms with van der Waals surface area (Å²) in [6.45, 7) is 1.11. The van der Waals surface area contributed by atoms with Crippen molar-refractivity contribution >= 4 is 27.5 Å². The minimum atomic E-state index is -3.26. The fourth-order valence-corrected chi connectivity index (χ4v) is 4.56. The predicted molar refractivity (Wildman–Crippen MR) is 87.0 cm³/mol. The minimum Gasteiger partial charge on any atom is -0.398 e. The number of anilines is 1. The maximum absolute atomic E-state index is 11.9. The van der Waals surface area contributed by atoms with Gasteiger partial charge >= 0.3 is 0 Å². The first-order valence-electron chi connectivity index (χ1n) is 7.13. The van der Waals surface area contributed by atoms with Crippen molar-refractivity contribution in [2.75, 3.05) is 30.4 Å². The molecule has 0 amide bonds. The first kappa shape index (κ1) is 16.6. The smallest absolute Gasteiger partial charge is 0.212 e. The molecule has 1 aliphatic heterocycles. The Bertz CT molecular complexity index is 543. The fraction of sp³-hybridized carbons (Fsp3) is 0.571. The molecule has 3 N–H and O–H groups in total. The Kier molecular flexibility index (Phi) is 6.35. The molecular formula is C14H22N2O3S2. The van der Waals surface area contributed by atoms with Gasteiger partial charge in [-0.15, -0.1) is 11.8 Å². The Morgan fingerprint density at radius 1 is 1.33 bits per heavy atom. The zero-order valence-corrected chi connectivity index (χ0v) is 13.6. The molecule has 118 valence electrons. The third-order valence-electron chi connectivity index (χ3n) is 3.33. The Morgan fingerprint density at radius 3 is 2.86 bits per heavy atom. The second kappa shape index (κ2) is 8.03. The predicted octanol–water partition coefficient (Wildman–Crippen LogP) is 1.85. The molecule has 1 aromatic rings. The molecule has 0 spiro atoms. The van der Waals surface area contributed by atoms with Crippen LogP contribution in [-0.2, 0) is 14.8 Å². The van der Waals surface area contributed by atoms with Crippen LogP contribution in [0.1, 0.15) is 19.3 Å². The van der Waals surface area contributed by atoms with Crippen LogP contribution in [-0.4, -0.2) is 39.2 Å². The number of para-hydroxylation sites is 1. The van der Waals surface area contributed by atoms with Gasteiger partial charge in [-0.2, -0.15) is 0 Å². The van der Waals surface area contributed by atoms with Crippen molar-refractivity contribution in [2.24, 2.45) is 0 Å². The molecule has 1 heterocycles. The number of nitrogen functional groups attached to an aromatic ring is 1. The summed E-state index contributed by atoms with van der Waals surface area (Å²) in [5, 5.41) is 0. The lowest BCUT2D eigenvalue weighted by Gasteiger charge is -2.22. The van der Waals surface area contributed by atoms with Crippen LogP contribution in [0.4, 0.5) is 5.69 Å². The number of rotatable bonds is 7. The van der Waals surface area contributed by atoms with Crippen LogP contribution in [0.5, 0.6) is 0 Å². The number of sulfonamides is 1. The highest BCUT2D eigenvalue weighted by molar-refractivity contribution is 8.00. The standard InChI is InChI=1S/C14H22N2O3S2/c15-13-6-1-2-7-14(13)20-9-10-21(17,18)16-11-12-5-3-4-8-19-12/h1-2,6-7,12,16H,3-5,8-11,15H2. The monoisotopic (exact) mass is 330 g/mol. The lowest BCUT2D eigenvalue weighted by Crippen LogP contribution is -2.36. The van der Waals surface area contributed by atoms with E-state index in [9.17, 15) is 8.42 Å². The molecule has 2 rings (SSSR count). The zero-order valence-electron chi connectivity index (χ0n) is 12.0. The molecule has 1 saturated heterocycles. The second-order valence-electron chi connectivity index (χ2n) is 5.04. The van der Waals surface area contributed by atoms with Gasteiger partial charge in [-0.25, -0.2) is 13.1 Å². The van der Waals surface area contributed by atoms with Gasteiger partial charge in [0.25, 0.3) is 0 Å². The van der Waals surface area contributed by atoms with E-state index in [-0.39, 0.29) is 11.9 Å². The van der Waals surface area contributed by atoms with Crippen molar-refractivity contribution in [3.63, 3.8) is 0 Å². The molecule has 0 bridgehead atoms. The molecule has 0 aromatic heterocycles. The summed E-state index contributed by atoms with van der Waals surface area (Å²) in [4.78, 5) is 0.920. The van der Waals surface area contributed by atoms with Crippen LogP contribution in [0.25, 0.3) is 0 Å². The summed E-state index contributed by atoms with van der Waals surface area (Å²) in [6.07, 6.45) is 3.12. The van der Waals surface area contributed by atoms with Gasteiger partial charge in [0.15, 0.2) is 0 Å². The number of ether oxygens (including phenoxy) is 1. The van der Waals surface area contributed by atoms with Crippen LogP contribution in [0.3, 0.4) is 0 Å². The maximum Gasteiger partial charge on any atom is 0.212 e. The van der Waals surface area contributed by atoms with Crippen molar-refractivity contribution in [2.45, 2.75) is 30.3 Å². The highest BCUT2D eigenvalue weighted by atomic mass is 32.2. The highest BCUT2D eigenvalue weighted by Gasteiger charge is 2.17. The maximum atomic E-state index is 11.9. The summed E-state index contributed by atoms with van der Waals surface area (Å²) >= 11 is 1.46. The summed E-state index contributed by atoms with van der Waals surface area (Å²) in [5.74, 6) is 0.563. The van der Waals surface area contributed by atoms with Gasteiger partial charge in [-0.3, -0.25) is 0 Å². The van der Waals surface area contributed by atoms with Gasteiger partial charge in [-0.05, 0) is 31.4 Å². The van der Waals surface area contributed by atoms with Crippen LogP contribution in [0.2, 0.25) is 0 Å². The van der Waals surface area contributed by atoms with Gasteiger partial charge in [0.05, 0.1) is 11.9 Å². The van der Waals surface area contributed by atoms with Crippen LogP contribution in [0.15, 0.2) is 29.2 Å². The SMILES string of the molecule is Nc1ccccc1SCCS(=O)(=O)NCC1CCCCO1. The molecule has 1 aliphatic rings. The number of nitrogens with two attached hydrogens (primary N) is 1. The third-order valence-corrected chi connectivity index (χ3v) is 6.03. The zero-order chi connectivity index (χ0) is 15.1. The molecule has 1 aromatic carbocycles. The summed E-state index contributed by atoms with van der Waals surface area (Å²) < 4.78 is 32.0. The normalized spacial score (nSPS) is 19.5. The summed E-state index contributed by atoms with van der Waals surface area (Å²) in [7, 11) is -3.26. The number of benzene rings is 1. The molecule has 0 radical (unpaired) electrons. The van der Waals surface area contributed by atoms with Crippen LogP contribution >= 0.6 is 11.8 Å². The molecular weight excluding hydrogens is 308 g/mol. The van der Waals surface area contributed by atoms with E-state index in [0.717, 1.165) is 30.8 Å². The highest BCUT2D eigenvalue weighted by Crippen LogP contribution is 2.24. The average molecular weight is 330 g/mol. The lowest BCUT2D eigenvalue weighted by atomic mass is 10.1. The van der Waals surface area contributed by atoms with E-state index < -0.39 is 10.0 Å². The largest absolute Gasteiger partial charge is 0.398 e. The Labute approximate surface area is 130 Å². The first-order chi connectivity index (χ1) is 10.1. The van der Waals surface area contributed by atoms with Crippen molar-refractivity contribution in [3.8, 4) is 0 Å². The molecule has 0 saturated carbocycles. The summed E-state index contributed by atoms with van der Waals surface area (Å²) in [6, 6.07) is 7.47. The fourth-order valence-electron chi connectivity index (χ4n) is 2.13. The minimum absolute atomic E-state index is 0.0194. The molecule has 21 heavy (non-hydrogen) atoms. The molecule has 1 fully saturated rings. The van der Waals surface area contributed by atoms with E-state index in [1.165, 1.54) is 11.8 Å². The van der Waals surface area contributed by atoms with E-state index in [2.05, 4.69) is 4.72 Å². The van der Waals surface area contributed by atoms with Gasteiger partial charge in [0.1, 0.15) is 0 Å². The van der Waals surface area contributed by atoms with Gasteiger partial charge in [0, 0.05) is 29.5 Å². The van der Waals surface area contributed by atoms with Crippen LogP contribution < -0.4 is 10.5 Å². The second-order valence-corrected chi connectivity index (χ2v) is 8.11. The third kappa shape index (κ3) is 5.86. The number of nitrogens with one attached hydrogen (secondary N) is 1. The molecule has 5 nitrogen and oxygen atoms in total. The Morgan fingerprint density at radius 2 is 2.14 bits per heavy atom. The Hall–Kier alpha value is -0.760. The average Bonchev–Trinajstić information content (AvgIpc) is 2.48. The van der Waals surface area contributed by atoms with Crippen molar-refractivity contribution in [1.82, 2.24) is 4.72 Å². The van der Waals surface area contributed by atoms with Gasteiger partial charge < -0.3 is 10.5 Å². The van der Waals surface area contributed by atoms with Gasteiger partial charge in [-0.1, -0.05) is 12.1 Å². The van der Waals surface area contributed by atoms with E-state index >= 15 is 0 Å². The topological polar surface area (TPSA) is 81.4 Å². The van der Waals surface area contributed by atoms with E-state index in [1.807, 2.05) is 24.3 Å². The van der Waals surface area contributed by atoms with Crippen molar-refractivity contribution < 1.29 is 13.2 Å². The molecule has 0 aliphatic carbocycles. The van der Waals surface area contributed by atoms with E-state index in [1.54, 1.807) is 0 Å². The molecule has 1 atom stereocenters.